The molecule has 0 fully saturated rings. The second-order valence-electron chi connectivity index (χ2n) is 8.28. The van der Waals surface area contributed by atoms with E-state index in [9.17, 15) is 0 Å². The highest BCUT2D eigenvalue weighted by atomic mass is 15.6. The van der Waals surface area contributed by atoms with Crippen molar-refractivity contribution in [3.05, 3.63) is 109 Å². The van der Waals surface area contributed by atoms with E-state index in [0.717, 1.165) is 44.8 Å². The summed E-state index contributed by atoms with van der Waals surface area (Å²) in [6, 6.07) is 37.1. The lowest BCUT2D eigenvalue weighted by Crippen LogP contribution is -2.30. The van der Waals surface area contributed by atoms with Crippen LogP contribution in [0.3, 0.4) is 0 Å². The van der Waals surface area contributed by atoms with E-state index in [1.165, 1.54) is 0 Å². The Balaban J connectivity index is 1.62. The van der Waals surface area contributed by atoms with Crippen LogP contribution in [-0.4, -0.2) is 9.35 Å². The van der Waals surface area contributed by atoms with Crippen molar-refractivity contribution in [3.63, 3.8) is 0 Å². The lowest BCUT2D eigenvalue weighted by molar-refractivity contribution is -0.634. The van der Waals surface area contributed by atoms with Gasteiger partial charge in [0.1, 0.15) is 0 Å². The van der Waals surface area contributed by atoms with Gasteiger partial charge < -0.3 is 0 Å². The number of imidazole rings is 2. The van der Waals surface area contributed by atoms with Crippen molar-refractivity contribution < 1.29 is 9.13 Å². The molecule has 0 amide bonds. The summed E-state index contributed by atoms with van der Waals surface area (Å²) in [6.07, 6.45) is 0. The molecular formula is C28H24N6+2. The van der Waals surface area contributed by atoms with Crippen molar-refractivity contribution in [2.45, 2.75) is 0 Å². The molecule has 6 rings (SSSR count). The molecule has 0 atom stereocenters. The first kappa shape index (κ1) is 20.1. The van der Waals surface area contributed by atoms with Gasteiger partial charge in [0, 0.05) is 0 Å². The van der Waals surface area contributed by atoms with Gasteiger partial charge in [0.2, 0.25) is 11.0 Å². The van der Waals surface area contributed by atoms with Gasteiger partial charge in [-0.3, -0.25) is 0 Å². The zero-order chi connectivity index (χ0) is 23.1. The first-order chi connectivity index (χ1) is 16.7. The third kappa shape index (κ3) is 3.11. The largest absolute Gasteiger partial charge is 0.316 e. The normalized spacial score (nSPS) is 11.7. The second kappa shape index (κ2) is 8.08. The summed E-state index contributed by atoms with van der Waals surface area (Å²) in [5.41, 5.74) is 6.32. The summed E-state index contributed by atoms with van der Waals surface area (Å²) in [7, 11) is 4.13. The summed E-state index contributed by atoms with van der Waals surface area (Å²) < 4.78 is 8.17. The van der Waals surface area contributed by atoms with Crippen molar-refractivity contribution in [2.75, 3.05) is 0 Å². The molecule has 0 saturated carbocycles. The smallest absolute Gasteiger partial charge is 0.224 e. The van der Waals surface area contributed by atoms with Crippen LogP contribution < -0.4 is 9.13 Å². The average Bonchev–Trinajstić information content (AvgIpc) is 3.34. The number of nitrogens with zero attached hydrogens (tertiary/aromatic N) is 6. The van der Waals surface area contributed by atoms with Crippen LogP contribution in [0.15, 0.2) is 120 Å². The Morgan fingerprint density at radius 3 is 1.24 bits per heavy atom. The number of para-hydroxylation sites is 4. The summed E-state index contributed by atoms with van der Waals surface area (Å²) in [6.45, 7) is 0. The molecule has 0 aliphatic heterocycles. The van der Waals surface area contributed by atoms with Crippen LogP contribution >= 0.6 is 0 Å². The van der Waals surface area contributed by atoms with Crippen LogP contribution in [0.5, 0.6) is 0 Å². The molecule has 0 N–H and O–H groups in total. The van der Waals surface area contributed by atoms with E-state index in [4.69, 9.17) is 10.4 Å². The lowest BCUT2D eigenvalue weighted by Gasteiger charge is -1.98. The van der Waals surface area contributed by atoms with E-state index in [1.807, 2.05) is 70.0 Å². The molecular weight excluding hydrogens is 420 g/mol. The lowest BCUT2D eigenvalue weighted by atomic mass is 10.2. The zero-order valence-corrected chi connectivity index (χ0v) is 19.1. The summed E-state index contributed by atoms with van der Waals surface area (Å²) in [4.78, 5) is 0. The maximum absolute atomic E-state index is 4.82. The second-order valence-corrected chi connectivity index (χ2v) is 8.28. The number of fused-ring (bicyclic) bond motifs is 2. The topological polar surface area (TPSA) is 42.3 Å². The molecule has 0 spiro atoms. The molecule has 0 bridgehead atoms. The molecule has 0 radical (unpaired) electrons. The van der Waals surface area contributed by atoms with E-state index >= 15 is 0 Å². The quantitative estimate of drug-likeness (QED) is 0.263. The number of hydrogen-bond acceptors (Lipinski definition) is 2. The Bertz CT molecular complexity index is 1530. The van der Waals surface area contributed by atoms with Gasteiger partial charge in [-0.2, -0.15) is 0 Å². The highest BCUT2D eigenvalue weighted by molar-refractivity contribution is 5.77. The van der Waals surface area contributed by atoms with E-state index in [-0.39, 0.29) is 0 Å². The van der Waals surface area contributed by atoms with E-state index in [2.05, 4.69) is 71.8 Å². The van der Waals surface area contributed by atoms with Crippen molar-refractivity contribution in [3.8, 4) is 22.8 Å². The first-order valence-electron chi connectivity index (χ1n) is 11.3. The minimum Gasteiger partial charge on any atom is -0.224 e. The van der Waals surface area contributed by atoms with Gasteiger partial charge in [-0.05, 0) is 48.5 Å². The number of hydrogen-bond donors (Lipinski definition) is 0. The van der Waals surface area contributed by atoms with Crippen LogP contribution in [0, 0.1) is 0 Å². The first-order valence-corrected chi connectivity index (χ1v) is 11.3. The van der Waals surface area contributed by atoms with E-state index in [1.54, 1.807) is 0 Å². The van der Waals surface area contributed by atoms with Crippen molar-refractivity contribution in [2.24, 2.45) is 24.5 Å². The van der Waals surface area contributed by atoms with E-state index < -0.39 is 0 Å². The zero-order valence-electron chi connectivity index (χ0n) is 19.1. The summed E-state index contributed by atoms with van der Waals surface area (Å²) >= 11 is 0. The molecule has 4 aromatic carbocycles. The number of aromatic nitrogens is 4. The minimum absolute atomic E-state index is 0.965. The highest BCUT2D eigenvalue weighted by Crippen LogP contribution is 2.25. The van der Waals surface area contributed by atoms with Gasteiger partial charge in [-0.25, -0.2) is 9.13 Å². The summed E-state index contributed by atoms with van der Waals surface area (Å²) in [5.74, 6) is 1.93. The van der Waals surface area contributed by atoms with Gasteiger partial charge >= 0.3 is 11.6 Å². The van der Waals surface area contributed by atoms with E-state index in [0.29, 0.717) is 0 Å². The Morgan fingerprint density at radius 1 is 0.471 bits per heavy atom. The Kier molecular flexibility index (Phi) is 4.77. The molecule has 2 heterocycles. The molecule has 34 heavy (non-hydrogen) atoms. The number of rotatable bonds is 4. The molecule has 0 aliphatic rings. The molecule has 6 heteroatoms. The third-order valence-electron chi connectivity index (χ3n) is 6.26. The molecule has 0 saturated heterocycles. The fourth-order valence-electron chi connectivity index (χ4n) is 4.66. The van der Waals surface area contributed by atoms with Crippen LogP contribution in [0.2, 0.25) is 0 Å². The van der Waals surface area contributed by atoms with Gasteiger partial charge in [-0.1, -0.05) is 70.0 Å². The van der Waals surface area contributed by atoms with Gasteiger partial charge in [0.25, 0.3) is 0 Å². The third-order valence-corrected chi connectivity index (χ3v) is 6.26. The molecule has 0 aliphatic carbocycles. The number of benzene rings is 4. The van der Waals surface area contributed by atoms with Crippen LogP contribution in [0.4, 0.5) is 0 Å². The molecule has 2 aromatic heterocycles. The Hall–Kier alpha value is -4.58. The molecule has 0 unspecified atom stereocenters. The number of aryl methyl sites for hydroxylation is 2. The van der Waals surface area contributed by atoms with Crippen LogP contribution in [0.1, 0.15) is 0 Å². The maximum Gasteiger partial charge on any atom is 0.316 e. The van der Waals surface area contributed by atoms with Crippen molar-refractivity contribution in [1.82, 2.24) is 9.35 Å². The van der Waals surface area contributed by atoms with Gasteiger partial charge in [-0.15, -0.1) is 0 Å². The fourth-order valence-corrected chi connectivity index (χ4v) is 4.66. The Morgan fingerprint density at radius 2 is 0.824 bits per heavy atom. The maximum atomic E-state index is 4.82. The molecule has 164 valence electrons. The average molecular weight is 445 g/mol. The molecule has 6 nitrogen and oxygen atoms in total. The minimum atomic E-state index is 0.965. The standard InChI is InChI=1S/C28H24N6/c1-31-23-17-9-11-19-25(23)33(27(31)21-13-5-3-6-14-21)29-30-34-26-20-12-10-18-24(26)32(2)28(34)22-15-7-4-8-16-22/h3-20H,1-2H3/q+2/b30-29+. The fraction of sp³-hybridized carbons (Fsp3) is 0.0714. The predicted molar refractivity (Wildman–Crippen MR) is 133 cm³/mol. The van der Waals surface area contributed by atoms with Crippen molar-refractivity contribution in [1.29, 1.82) is 0 Å². The van der Waals surface area contributed by atoms with Crippen LogP contribution in [-0.2, 0) is 14.1 Å². The van der Waals surface area contributed by atoms with Crippen LogP contribution in [0.25, 0.3) is 44.8 Å². The summed E-state index contributed by atoms with van der Waals surface area (Å²) in [5, 5.41) is 9.64. The monoisotopic (exact) mass is 444 g/mol. The highest BCUT2D eigenvalue weighted by Gasteiger charge is 2.28. The van der Waals surface area contributed by atoms with Gasteiger partial charge in [0.05, 0.1) is 35.7 Å². The SMILES string of the molecule is C[n+]1c(-c2ccccc2)n(/N=N/n2c(-c3ccccc3)[n+](C)c3ccccc32)c2ccccc21. The molecule has 6 aromatic rings. The predicted octanol–water partition coefficient (Wildman–Crippen LogP) is 5.26. The van der Waals surface area contributed by atoms with Crippen molar-refractivity contribution >= 4 is 22.1 Å². The Labute approximate surface area is 197 Å². The van der Waals surface area contributed by atoms with Gasteiger partial charge in [0.15, 0.2) is 11.0 Å².